The summed E-state index contributed by atoms with van der Waals surface area (Å²) in [6, 6.07) is 9.04. The predicted octanol–water partition coefficient (Wildman–Crippen LogP) is 2.50. The molecule has 1 N–H and O–H groups in total. The molecule has 1 fully saturated rings. The lowest BCUT2D eigenvalue weighted by Gasteiger charge is -2.23. The number of para-hydroxylation sites is 1. The van der Waals surface area contributed by atoms with Crippen molar-refractivity contribution in [3.63, 3.8) is 0 Å². The van der Waals surface area contributed by atoms with Crippen LogP contribution in [-0.4, -0.2) is 25.0 Å². The molecule has 0 spiro atoms. The number of benzene rings is 1. The van der Waals surface area contributed by atoms with Gasteiger partial charge in [0.2, 0.25) is 5.91 Å². The molecule has 0 aromatic heterocycles. The Kier molecular flexibility index (Phi) is 3.83. The van der Waals surface area contributed by atoms with Gasteiger partial charge in [0.05, 0.1) is 0 Å². The van der Waals surface area contributed by atoms with Gasteiger partial charge in [-0.2, -0.15) is 0 Å². The van der Waals surface area contributed by atoms with Gasteiger partial charge in [-0.15, -0.1) is 0 Å². The smallest absolute Gasteiger partial charge is 0.228 e. The molecule has 0 atom stereocenters. The number of carbonyl (C=O) groups excluding carboxylic acids is 1. The minimum atomic E-state index is 0.266. The monoisotopic (exact) mass is 258 g/mol. The molecule has 1 aromatic rings. The Labute approximate surface area is 115 Å². The molecule has 0 saturated heterocycles. The van der Waals surface area contributed by atoms with Crippen molar-refractivity contribution in [3.05, 3.63) is 29.8 Å². The van der Waals surface area contributed by atoms with Crippen LogP contribution < -0.4 is 10.2 Å². The van der Waals surface area contributed by atoms with E-state index in [4.69, 9.17) is 0 Å². The summed E-state index contributed by atoms with van der Waals surface area (Å²) in [6.07, 6.45) is 6.56. The van der Waals surface area contributed by atoms with Gasteiger partial charge in [0.25, 0.3) is 0 Å². The topological polar surface area (TPSA) is 32.3 Å². The van der Waals surface area contributed by atoms with Gasteiger partial charge in [0.1, 0.15) is 0 Å². The zero-order valence-electron chi connectivity index (χ0n) is 11.4. The quantitative estimate of drug-likeness (QED) is 0.900. The van der Waals surface area contributed by atoms with E-state index in [1.165, 1.54) is 24.8 Å². The molecule has 1 saturated carbocycles. The van der Waals surface area contributed by atoms with E-state index in [0.717, 1.165) is 31.6 Å². The van der Waals surface area contributed by atoms with Crippen LogP contribution in [0.5, 0.6) is 0 Å². The van der Waals surface area contributed by atoms with E-state index < -0.39 is 0 Å². The predicted molar refractivity (Wildman–Crippen MR) is 77.4 cm³/mol. The lowest BCUT2D eigenvalue weighted by Crippen LogP contribution is -2.34. The van der Waals surface area contributed by atoms with E-state index in [0.29, 0.717) is 12.5 Å². The number of fused-ring (bicyclic) bond motifs is 1. The number of rotatable bonds is 4. The normalized spacial score (nSPS) is 18.8. The second-order valence-electron chi connectivity index (χ2n) is 5.61. The van der Waals surface area contributed by atoms with Crippen LogP contribution in [0.3, 0.4) is 0 Å². The van der Waals surface area contributed by atoms with Gasteiger partial charge in [-0.1, -0.05) is 18.2 Å². The van der Waals surface area contributed by atoms with Crippen LogP contribution >= 0.6 is 0 Å². The molecular weight excluding hydrogens is 236 g/mol. The first kappa shape index (κ1) is 12.7. The van der Waals surface area contributed by atoms with Gasteiger partial charge in [-0.25, -0.2) is 0 Å². The molecule has 1 heterocycles. The molecule has 1 amide bonds. The van der Waals surface area contributed by atoms with Crippen molar-refractivity contribution in [1.29, 1.82) is 0 Å². The number of anilines is 1. The number of nitrogens with one attached hydrogen (secondary N) is 1. The molecule has 3 rings (SSSR count). The van der Waals surface area contributed by atoms with Crippen molar-refractivity contribution in [3.8, 4) is 0 Å². The van der Waals surface area contributed by atoms with Gasteiger partial charge in [-0.3, -0.25) is 4.79 Å². The summed E-state index contributed by atoms with van der Waals surface area (Å²) in [5.74, 6) is 0.266. The first-order valence-electron chi connectivity index (χ1n) is 7.46. The largest absolute Gasteiger partial charge is 0.313 e. The Hall–Kier alpha value is -1.35. The fourth-order valence-corrected chi connectivity index (χ4v) is 2.76. The van der Waals surface area contributed by atoms with Crippen molar-refractivity contribution in [2.75, 3.05) is 18.0 Å². The van der Waals surface area contributed by atoms with Crippen molar-refractivity contribution in [1.82, 2.24) is 5.32 Å². The third-order valence-electron chi connectivity index (χ3n) is 4.01. The van der Waals surface area contributed by atoms with E-state index in [9.17, 15) is 4.79 Å². The third kappa shape index (κ3) is 3.16. The number of aryl methyl sites for hydroxylation is 1. The fourth-order valence-electron chi connectivity index (χ4n) is 2.76. The molecule has 19 heavy (non-hydrogen) atoms. The summed E-state index contributed by atoms with van der Waals surface area (Å²) in [5.41, 5.74) is 2.46. The highest BCUT2D eigenvalue weighted by atomic mass is 16.2. The molecule has 0 bridgehead atoms. The summed E-state index contributed by atoms with van der Waals surface area (Å²) >= 11 is 0. The summed E-state index contributed by atoms with van der Waals surface area (Å²) in [5, 5.41) is 3.42. The maximum absolute atomic E-state index is 12.4. The summed E-state index contributed by atoms with van der Waals surface area (Å²) < 4.78 is 0. The highest BCUT2D eigenvalue weighted by molar-refractivity contribution is 5.94. The van der Waals surface area contributed by atoms with Crippen LogP contribution in [0.2, 0.25) is 0 Å². The molecule has 3 nitrogen and oxygen atoms in total. The van der Waals surface area contributed by atoms with Crippen LogP contribution in [0, 0.1) is 0 Å². The minimum Gasteiger partial charge on any atom is -0.313 e. The van der Waals surface area contributed by atoms with E-state index in [1.54, 1.807) is 0 Å². The first-order chi connectivity index (χ1) is 9.34. The Bertz CT molecular complexity index is 454. The minimum absolute atomic E-state index is 0.266. The summed E-state index contributed by atoms with van der Waals surface area (Å²) in [4.78, 5) is 14.4. The maximum Gasteiger partial charge on any atom is 0.228 e. The third-order valence-corrected chi connectivity index (χ3v) is 4.01. The zero-order chi connectivity index (χ0) is 13.1. The van der Waals surface area contributed by atoms with Crippen molar-refractivity contribution in [2.24, 2.45) is 0 Å². The number of hydrogen-bond acceptors (Lipinski definition) is 2. The molecule has 102 valence electrons. The van der Waals surface area contributed by atoms with Gasteiger partial charge < -0.3 is 10.2 Å². The SMILES string of the molecule is O=C(CCNC1CC1)N1CCCCc2ccccc21. The average molecular weight is 258 g/mol. The average Bonchev–Trinajstić information content (AvgIpc) is 3.24. The molecule has 0 radical (unpaired) electrons. The van der Waals surface area contributed by atoms with Crippen LogP contribution in [0.4, 0.5) is 5.69 Å². The molecule has 1 aliphatic carbocycles. The lowest BCUT2D eigenvalue weighted by molar-refractivity contribution is -0.118. The highest BCUT2D eigenvalue weighted by Gasteiger charge is 2.23. The van der Waals surface area contributed by atoms with Crippen molar-refractivity contribution in [2.45, 2.75) is 44.6 Å². The first-order valence-corrected chi connectivity index (χ1v) is 7.46. The Morgan fingerprint density at radius 2 is 2.11 bits per heavy atom. The van der Waals surface area contributed by atoms with Gasteiger partial charge in [-0.05, 0) is 43.7 Å². The Balaban J connectivity index is 1.66. The highest BCUT2D eigenvalue weighted by Crippen LogP contribution is 2.26. The number of carbonyl (C=O) groups is 1. The Morgan fingerprint density at radius 3 is 2.95 bits per heavy atom. The van der Waals surface area contributed by atoms with Crippen molar-refractivity contribution >= 4 is 11.6 Å². The number of amides is 1. The van der Waals surface area contributed by atoms with E-state index >= 15 is 0 Å². The zero-order valence-corrected chi connectivity index (χ0v) is 11.4. The van der Waals surface area contributed by atoms with Crippen LogP contribution in [0.15, 0.2) is 24.3 Å². The molecule has 1 aliphatic heterocycles. The van der Waals surface area contributed by atoms with Crippen LogP contribution in [0.1, 0.15) is 37.7 Å². The van der Waals surface area contributed by atoms with Crippen LogP contribution in [-0.2, 0) is 11.2 Å². The lowest BCUT2D eigenvalue weighted by atomic mass is 10.1. The number of nitrogens with zero attached hydrogens (tertiary/aromatic N) is 1. The fraction of sp³-hybridized carbons (Fsp3) is 0.562. The molecular formula is C16H22N2O. The number of hydrogen-bond donors (Lipinski definition) is 1. The van der Waals surface area contributed by atoms with E-state index in [1.807, 2.05) is 11.0 Å². The Morgan fingerprint density at radius 1 is 1.26 bits per heavy atom. The summed E-state index contributed by atoms with van der Waals surface area (Å²) in [6.45, 7) is 1.70. The van der Waals surface area contributed by atoms with Crippen LogP contribution in [0.25, 0.3) is 0 Å². The summed E-state index contributed by atoms with van der Waals surface area (Å²) in [7, 11) is 0. The van der Waals surface area contributed by atoms with Gasteiger partial charge in [0, 0.05) is 31.2 Å². The molecule has 2 aliphatic rings. The van der Waals surface area contributed by atoms with Gasteiger partial charge in [0.15, 0.2) is 0 Å². The molecule has 1 aromatic carbocycles. The maximum atomic E-state index is 12.4. The molecule has 3 heteroatoms. The van der Waals surface area contributed by atoms with Gasteiger partial charge >= 0.3 is 0 Å². The van der Waals surface area contributed by atoms with E-state index in [2.05, 4.69) is 23.5 Å². The van der Waals surface area contributed by atoms with E-state index in [-0.39, 0.29) is 5.91 Å². The standard InChI is InChI=1S/C16H22N2O/c19-16(10-11-17-14-8-9-14)18-12-4-3-6-13-5-1-2-7-15(13)18/h1-2,5,7,14,17H,3-4,6,8-12H2. The second kappa shape index (κ2) is 5.74. The van der Waals surface area contributed by atoms with Crippen molar-refractivity contribution < 1.29 is 4.79 Å². The second-order valence-corrected chi connectivity index (χ2v) is 5.61. The molecule has 0 unspecified atom stereocenters.